The van der Waals surface area contributed by atoms with Gasteiger partial charge in [0.1, 0.15) is 11.9 Å². The van der Waals surface area contributed by atoms with Crippen LogP contribution in [-0.4, -0.2) is 42.4 Å². The minimum absolute atomic E-state index is 0.112. The first-order chi connectivity index (χ1) is 16.6. The van der Waals surface area contributed by atoms with Crippen LogP contribution in [0.15, 0.2) is 35.7 Å². The van der Waals surface area contributed by atoms with E-state index in [1.165, 1.54) is 12.8 Å². The second-order valence-corrected chi connectivity index (χ2v) is 9.89. The molecule has 186 valence electrons. The molecule has 3 rings (SSSR count). The van der Waals surface area contributed by atoms with Crippen molar-refractivity contribution < 1.29 is 19.1 Å². The molecule has 0 unspecified atom stereocenters. The van der Waals surface area contributed by atoms with Crippen LogP contribution in [0.5, 0.6) is 11.5 Å². The van der Waals surface area contributed by atoms with Crippen molar-refractivity contribution in [3.8, 4) is 11.5 Å². The van der Waals surface area contributed by atoms with E-state index in [0.717, 1.165) is 37.0 Å². The molecule has 1 atom stereocenters. The summed E-state index contributed by atoms with van der Waals surface area (Å²) in [6, 6.07) is 8.63. The minimum atomic E-state index is -0.828. The molecular formula is C26H35ClN2O4S. The van der Waals surface area contributed by atoms with Crippen molar-refractivity contribution in [1.82, 2.24) is 10.2 Å². The summed E-state index contributed by atoms with van der Waals surface area (Å²) in [5.41, 5.74) is 0.668. The smallest absolute Gasteiger partial charge is 0.247 e. The Labute approximate surface area is 211 Å². The molecule has 1 fully saturated rings. The van der Waals surface area contributed by atoms with E-state index < -0.39 is 6.04 Å². The SMILES string of the molecule is CCCOc1ccc([C@H](C(=O)NC2CCCCCC2)N(Cc2cccs2)C(=O)CCl)cc1OC. The number of hydrogen-bond acceptors (Lipinski definition) is 5. The van der Waals surface area contributed by atoms with Crippen molar-refractivity contribution in [3.63, 3.8) is 0 Å². The van der Waals surface area contributed by atoms with Crippen LogP contribution in [0.2, 0.25) is 0 Å². The number of ether oxygens (including phenoxy) is 2. The maximum absolute atomic E-state index is 13.8. The number of methoxy groups -OCH3 is 1. The molecule has 1 aliphatic carbocycles. The number of benzene rings is 1. The average molecular weight is 507 g/mol. The summed E-state index contributed by atoms with van der Waals surface area (Å²) in [5.74, 6) is 0.470. The van der Waals surface area contributed by atoms with Gasteiger partial charge in [0.05, 0.1) is 20.3 Å². The molecule has 0 radical (unpaired) electrons. The second-order valence-electron chi connectivity index (χ2n) is 8.59. The van der Waals surface area contributed by atoms with Crippen LogP contribution in [0.25, 0.3) is 0 Å². The summed E-state index contributed by atoms with van der Waals surface area (Å²) >= 11 is 7.56. The Morgan fingerprint density at radius 1 is 1.18 bits per heavy atom. The minimum Gasteiger partial charge on any atom is -0.493 e. The van der Waals surface area contributed by atoms with Gasteiger partial charge in [0.25, 0.3) is 0 Å². The Hall–Kier alpha value is -2.25. The first-order valence-electron chi connectivity index (χ1n) is 12.1. The summed E-state index contributed by atoms with van der Waals surface area (Å²) in [6.45, 7) is 2.91. The van der Waals surface area contributed by atoms with E-state index in [1.807, 2.05) is 36.6 Å². The number of halogens is 1. The fourth-order valence-corrected chi connectivity index (χ4v) is 5.19. The number of nitrogens with zero attached hydrogens (tertiary/aromatic N) is 1. The molecule has 8 heteroatoms. The molecule has 1 aliphatic rings. The standard InChI is InChI=1S/C26H35ClN2O4S/c1-3-14-33-22-13-12-19(16-23(22)32-2)25(26(31)28-20-9-6-4-5-7-10-20)29(24(30)17-27)18-21-11-8-15-34-21/h8,11-13,15-16,20,25H,3-7,9-10,14,17-18H2,1-2H3,(H,28,31)/t25-/m1/s1. The first-order valence-corrected chi connectivity index (χ1v) is 13.5. The second kappa shape index (κ2) is 13.6. The molecule has 0 saturated heterocycles. The van der Waals surface area contributed by atoms with Crippen molar-refractivity contribution in [2.75, 3.05) is 19.6 Å². The molecule has 34 heavy (non-hydrogen) atoms. The third-order valence-corrected chi connectivity index (χ3v) is 7.16. The molecule has 0 spiro atoms. The van der Waals surface area contributed by atoms with Crippen molar-refractivity contribution in [2.24, 2.45) is 0 Å². The Bertz CT molecular complexity index is 914. The molecule has 0 bridgehead atoms. The maximum atomic E-state index is 13.8. The van der Waals surface area contributed by atoms with E-state index in [-0.39, 0.29) is 23.7 Å². The summed E-state index contributed by atoms with van der Waals surface area (Å²) in [5, 5.41) is 5.20. The zero-order chi connectivity index (χ0) is 24.3. The first kappa shape index (κ1) is 26.4. The predicted octanol–water partition coefficient (Wildman–Crippen LogP) is 5.69. The number of amides is 2. The van der Waals surface area contributed by atoms with Crippen molar-refractivity contribution in [1.29, 1.82) is 0 Å². The molecule has 1 heterocycles. The molecule has 2 aromatic rings. The van der Waals surface area contributed by atoms with Gasteiger partial charge in [-0.15, -0.1) is 22.9 Å². The Morgan fingerprint density at radius 2 is 1.94 bits per heavy atom. The third kappa shape index (κ3) is 7.12. The van der Waals surface area contributed by atoms with Gasteiger partial charge in [0.2, 0.25) is 11.8 Å². The molecule has 1 saturated carbocycles. The highest BCUT2D eigenvalue weighted by Crippen LogP contribution is 2.34. The lowest BCUT2D eigenvalue weighted by atomic mass is 10.0. The summed E-state index contributed by atoms with van der Waals surface area (Å²) in [7, 11) is 1.58. The Balaban J connectivity index is 1.97. The van der Waals surface area contributed by atoms with Crippen LogP contribution in [0.4, 0.5) is 0 Å². The van der Waals surface area contributed by atoms with Gasteiger partial charge < -0.3 is 19.7 Å². The van der Waals surface area contributed by atoms with Gasteiger partial charge in [-0.05, 0) is 48.4 Å². The van der Waals surface area contributed by atoms with Gasteiger partial charge in [0.15, 0.2) is 11.5 Å². The van der Waals surface area contributed by atoms with Gasteiger partial charge in [-0.2, -0.15) is 0 Å². The third-order valence-electron chi connectivity index (χ3n) is 6.07. The van der Waals surface area contributed by atoms with E-state index in [1.54, 1.807) is 29.4 Å². The highest BCUT2D eigenvalue weighted by Gasteiger charge is 2.33. The molecule has 1 aromatic carbocycles. The number of carbonyl (C=O) groups is 2. The molecule has 1 N–H and O–H groups in total. The van der Waals surface area contributed by atoms with E-state index in [9.17, 15) is 9.59 Å². The van der Waals surface area contributed by atoms with Crippen molar-refractivity contribution in [2.45, 2.75) is 70.5 Å². The Morgan fingerprint density at radius 3 is 2.56 bits per heavy atom. The topological polar surface area (TPSA) is 67.9 Å². The van der Waals surface area contributed by atoms with Crippen molar-refractivity contribution >= 4 is 34.8 Å². The van der Waals surface area contributed by atoms with Gasteiger partial charge in [0, 0.05) is 10.9 Å². The zero-order valence-corrected chi connectivity index (χ0v) is 21.6. The van der Waals surface area contributed by atoms with Gasteiger partial charge in [-0.3, -0.25) is 9.59 Å². The van der Waals surface area contributed by atoms with Crippen LogP contribution in [0, 0.1) is 0 Å². The fourth-order valence-electron chi connectivity index (χ4n) is 4.33. The monoisotopic (exact) mass is 506 g/mol. The quantitative estimate of drug-likeness (QED) is 0.314. The van der Waals surface area contributed by atoms with Crippen LogP contribution in [-0.2, 0) is 16.1 Å². The van der Waals surface area contributed by atoms with Crippen molar-refractivity contribution in [3.05, 3.63) is 46.2 Å². The summed E-state index contributed by atoms with van der Waals surface area (Å²) < 4.78 is 11.4. The van der Waals surface area contributed by atoms with E-state index in [2.05, 4.69) is 5.32 Å². The number of rotatable bonds is 11. The van der Waals surface area contributed by atoms with Gasteiger partial charge >= 0.3 is 0 Å². The highest BCUT2D eigenvalue weighted by atomic mass is 35.5. The van der Waals surface area contributed by atoms with Crippen LogP contribution in [0.3, 0.4) is 0 Å². The van der Waals surface area contributed by atoms with Gasteiger partial charge in [-0.1, -0.05) is 44.7 Å². The number of hydrogen-bond donors (Lipinski definition) is 1. The predicted molar refractivity (Wildman–Crippen MR) is 137 cm³/mol. The number of alkyl halides is 1. The number of thiophene rings is 1. The lowest BCUT2D eigenvalue weighted by Crippen LogP contribution is -2.46. The zero-order valence-electron chi connectivity index (χ0n) is 20.1. The van der Waals surface area contributed by atoms with Crippen LogP contribution >= 0.6 is 22.9 Å². The van der Waals surface area contributed by atoms with E-state index >= 15 is 0 Å². The fraction of sp³-hybridized carbons (Fsp3) is 0.538. The maximum Gasteiger partial charge on any atom is 0.247 e. The molecule has 1 aromatic heterocycles. The van der Waals surface area contributed by atoms with Gasteiger partial charge in [-0.25, -0.2) is 0 Å². The van der Waals surface area contributed by atoms with Crippen LogP contribution in [0.1, 0.15) is 68.4 Å². The Kier molecular flexibility index (Phi) is 10.5. The average Bonchev–Trinajstić information content (AvgIpc) is 3.24. The van der Waals surface area contributed by atoms with Crippen LogP contribution < -0.4 is 14.8 Å². The summed E-state index contributed by atoms with van der Waals surface area (Å²) in [4.78, 5) is 29.3. The number of nitrogens with one attached hydrogen (secondary N) is 1. The molecule has 6 nitrogen and oxygen atoms in total. The highest BCUT2D eigenvalue weighted by molar-refractivity contribution is 7.09. The van der Waals surface area contributed by atoms with E-state index in [4.69, 9.17) is 21.1 Å². The lowest BCUT2D eigenvalue weighted by molar-refractivity contribution is -0.140. The molecule has 0 aliphatic heterocycles. The lowest BCUT2D eigenvalue weighted by Gasteiger charge is -2.32. The number of carbonyl (C=O) groups excluding carboxylic acids is 2. The molecule has 2 amide bonds. The molecular weight excluding hydrogens is 472 g/mol. The normalized spacial score (nSPS) is 15.3. The largest absolute Gasteiger partial charge is 0.493 e. The summed E-state index contributed by atoms with van der Waals surface area (Å²) in [6.07, 6.45) is 7.39. The van der Waals surface area contributed by atoms with E-state index in [0.29, 0.717) is 30.2 Å².